The van der Waals surface area contributed by atoms with Gasteiger partial charge in [0.25, 0.3) is 0 Å². The van der Waals surface area contributed by atoms with Gasteiger partial charge in [-0.3, -0.25) is 4.79 Å². The molecule has 0 atom stereocenters. The Balaban J connectivity index is 1.52. The number of carbonyl (C=O) groups is 1. The number of halogens is 1. The molecule has 1 amide bonds. The molecule has 2 aromatic carbocycles. The van der Waals surface area contributed by atoms with E-state index in [0.717, 1.165) is 12.1 Å². The van der Waals surface area contributed by atoms with Gasteiger partial charge in [0, 0.05) is 12.7 Å². The monoisotopic (exact) mass is 416 g/mol. The van der Waals surface area contributed by atoms with E-state index in [0.29, 0.717) is 21.8 Å². The number of aryl methyl sites for hydroxylation is 1. The summed E-state index contributed by atoms with van der Waals surface area (Å²) in [6, 6.07) is 15.1. The second-order valence-corrected chi connectivity index (χ2v) is 7.41. The fraction of sp³-hybridized carbons (Fsp3) is 0.250. The fourth-order valence-electron chi connectivity index (χ4n) is 2.45. The maximum Gasteiger partial charge on any atom is 0.234 e. The zero-order valence-corrected chi connectivity index (χ0v) is 17.3. The average Bonchev–Trinajstić information content (AvgIpc) is 3.06. The molecule has 0 fully saturated rings. The molecule has 0 spiro atoms. The van der Waals surface area contributed by atoms with Crippen molar-refractivity contribution >= 4 is 35.0 Å². The first kappa shape index (κ1) is 20.2. The molecule has 6 nitrogen and oxygen atoms in total. The molecule has 0 radical (unpaired) electrons. The molecular formula is C20H21ClN4O2S. The maximum atomic E-state index is 12.2. The zero-order valence-electron chi connectivity index (χ0n) is 15.7. The molecule has 0 unspecified atom stereocenters. The van der Waals surface area contributed by atoms with Gasteiger partial charge in [-0.15, -0.1) is 10.2 Å². The molecule has 3 rings (SSSR count). The van der Waals surface area contributed by atoms with Gasteiger partial charge >= 0.3 is 0 Å². The summed E-state index contributed by atoms with van der Waals surface area (Å²) in [5.74, 6) is 1.39. The van der Waals surface area contributed by atoms with Crippen LogP contribution in [0.3, 0.4) is 0 Å². The lowest BCUT2D eigenvalue weighted by Crippen LogP contribution is -2.14. The summed E-state index contributed by atoms with van der Waals surface area (Å²) in [6.45, 7) is 2.34. The normalized spacial score (nSPS) is 10.7. The lowest BCUT2D eigenvalue weighted by molar-refractivity contribution is -0.113. The van der Waals surface area contributed by atoms with E-state index in [4.69, 9.17) is 16.3 Å². The van der Waals surface area contributed by atoms with Gasteiger partial charge in [0.15, 0.2) is 11.0 Å². The number of hydrogen-bond acceptors (Lipinski definition) is 5. The number of ether oxygens (including phenoxy) is 1. The molecule has 146 valence electrons. The minimum atomic E-state index is -0.0916. The highest BCUT2D eigenvalue weighted by molar-refractivity contribution is 7.99. The second kappa shape index (κ2) is 9.61. The third-order valence-electron chi connectivity index (χ3n) is 4.10. The first-order chi connectivity index (χ1) is 13.6. The van der Waals surface area contributed by atoms with E-state index in [9.17, 15) is 4.79 Å². The number of nitrogens with zero attached hydrogens (tertiary/aromatic N) is 3. The third-order valence-corrected chi connectivity index (χ3v) is 5.43. The maximum absolute atomic E-state index is 12.2. The average molecular weight is 417 g/mol. The van der Waals surface area contributed by atoms with E-state index in [1.54, 1.807) is 12.1 Å². The summed E-state index contributed by atoms with van der Waals surface area (Å²) in [7, 11) is 1.84. The van der Waals surface area contributed by atoms with Crippen molar-refractivity contribution in [3.8, 4) is 5.75 Å². The van der Waals surface area contributed by atoms with Crippen LogP contribution in [0, 0.1) is 0 Å². The van der Waals surface area contributed by atoms with Crippen molar-refractivity contribution in [2.75, 3.05) is 11.1 Å². The van der Waals surface area contributed by atoms with Crippen LogP contribution in [-0.4, -0.2) is 26.4 Å². The molecule has 0 aliphatic carbocycles. The first-order valence-corrected chi connectivity index (χ1v) is 10.2. The molecule has 0 saturated carbocycles. The Hall–Kier alpha value is -2.51. The number of thioether (sulfide) groups is 1. The van der Waals surface area contributed by atoms with E-state index in [-0.39, 0.29) is 18.3 Å². The molecule has 1 N–H and O–H groups in total. The number of hydrogen-bond donors (Lipinski definition) is 1. The van der Waals surface area contributed by atoms with Crippen LogP contribution in [0.5, 0.6) is 5.75 Å². The van der Waals surface area contributed by atoms with Gasteiger partial charge in [0.05, 0.1) is 10.8 Å². The zero-order chi connectivity index (χ0) is 19.9. The summed E-state index contributed by atoms with van der Waals surface area (Å²) < 4.78 is 7.51. The highest BCUT2D eigenvalue weighted by Gasteiger charge is 2.13. The molecule has 0 bridgehead atoms. The Labute approximate surface area is 173 Å². The van der Waals surface area contributed by atoms with Crippen molar-refractivity contribution in [3.63, 3.8) is 0 Å². The minimum Gasteiger partial charge on any atom is -0.484 e. The molecular weight excluding hydrogens is 396 g/mol. The van der Waals surface area contributed by atoms with Crippen molar-refractivity contribution in [2.24, 2.45) is 7.05 Å². The van der Waals surface area contributed by atoms with E-state index in [1.807, 2.05) is 48.0 Å². The van der Waals surface area contributed by atoms with E-state index in [2.05, 4.69) is 22.4 Å². The van der Waals surface area contributed by atoms with Gasteiger partial charge in [0.1, 0.15) is 12.4 Å². The molecule has 0 saturated heterocycles. The van der Waals surface area contributed by atoms with Crippen LogP contribution in [0.2, 0.25) is 5.02 Å². The smallest absolute Gasteiger partial charge is 0.234 e. The van der Waals surface area contributed by atoms with Crippen molar-refractivity contribution in [3.05, 3.63) is 64.9 Å². The lowest BCUT2D eigenvalue weighted by atomic mass is 10.1. The summed E-state index contributed by atoms with van der Waals surface area (Å²) in [5.41, 5.74) is 2.02. The Morgan fingerprint density at radius 3 is 2.64 bits per heavy atom. The molecule has 3 aromatic rings. The topological polar surface area (TPSA) is 69.0 Å². The van der Waals surface area contributed by atoms with Gasteiger partial charge in [-0.25, -0.2) is 0 Å². The largest absolute Gasteiger partial charge is 0.484 e. The number of benzene rings is 2. The molecule has 8 heteroatoms. The van der Waals surface area contributed by atoms with Crippen LogP contribution in [0.1, 0.15) is 18.3 Å². The molecule has 1 aromatic heterocycles. The van der Waals surface area contributed by atoms with Crippen LogP contribution in [-0.2, 0) is 24.9 Å². The van der Waals surface area contributed by atoms with Gasteiger partial charge in [0.2, 0.25) is 5.91 Å². The summed E-state index contributed by atoms with van der Waals surface area (Å²) in [6.07, 6.45) is 0.971. The Kier molecular flexibility index (Phi) is 6.95. The predicted octanol–water partition coefficient (Wildman–Crippen LogP) is 4.34. The Bertz CT molecular complexity index is 944. The van der Waals surface area contributed by atoms with Crippen molar-refractivity contribution in [1.82, 2.24) is 14.8 Å². The van der Waals surface area contributed by atoms with Crippen molar-refractivity contribution in [2.45, 2.75) is 25.1 Å². The van der Waals surface area contributed by atoms with Crippen molar-refractivity contribution < 1.29 is 9.53 Å². The number of para-hydroxylation sites is 1. The van der Waals surface area contributed by atoms with Gasteiger partial charge < -0.3 is 14.6 Å². The number of anilines is 1. The van der Waals surface area contributed by atoms with Crippen LogP contribution in [0.4, 0.5) is 5.69 Å². The number of carbonyl (C=O) groups excluding carboxylic acids is 1. The third kappa shape index (κ3) is 5.27. The number of amides is 1. The standard InChI is InChI=1S/C20H21ClN4O2S/c1-3-14-8-10-15(11-9-14)22-19(26)13-28-20-24-23-18(25(20)2)12-27-17-7-5-4-6-16(17)21/h4-11H,3,12-13H2,1-2H3,(H,22,26). The molecule has 0 aliphatic rings. The number of aromatic nitrogens is 3. The van der Waals surface area contributed by atoms with E-state index < -0.39 is 0 Å². The SMILES string of the molecule is CCc1ccc(NC(=O)CSc2nnc(COc3ccccc3Cl)n2C)cc1. The second-order valence-electron chi connectivity index (χ2n) is 6.06. The van der Waals surface area contributed by atoms with Crippen LogP contribution in [0.15, 0.2) is 53.7 Å². The summed E-state index contributed by atoms with van der Waals surface area (Å²) in [4.78, 5) is 12.2. The summed E-state index contributed by atoms with van der Waals surface area (Å²) in [5, 5.41) is 12.3. The van der Waals surface area contributed by atoms with E-state index >= 15 is 0 Å². The van der Waals surface area contributed by atoms with Crippen LogP contribution >= 0.6 is 23.4 Å². The van der Waals surface area contributed by atoms with Crippen LogP contribution < -0.4 is 10.1 Å². The van der Waals surface area contributed by atoms with Gasteiger partial charge in [-0.1, -0.05) is 54.6 Å². The number of rotatable bonds is 8. The highest BCUT2D eigenvalue weighted by atomic mass is 35.5. The van der Waals surface area contributed by atoms with Gasteiger partial charge in [-0.2, -0.15) is 0 Å². The minimum absolute atomic E-state index is 0.0916. The van der Waals surface area contributed by atoms with E-state index in [1.165, 1.54) is 17.3 Å². The molecule has 0 aliphatic heterocycles. The van der Waals surface area contributed by atoms with Crippen molar-refractivity contribution in [1.29, 1.82) is 0 Å². The fourth-order valence-corrected chi connectivity index (χ4v) is 3.37. The summed E-state index contributed by atoms with van der Waals surface area (Å²) >= 11 is 7.41. The molecule has 28 heavy (non-hydrogen) atoms. The Morgan fingerprint density at radius 1 is 1.18 bits per heavy atom. The quantitative estimate of drug-likeness (QED) is 0.553. The van der Waals surface area contributed by atoms with Crippen LogP contribution in [0.25, 0.3) is 0 Å². The Morgan fingerprint density at radius 2 is 1.93 bits per heavy atom. The highest BCUT2D eigenvalue weighted by Crippen LogP contribution is 2.24. The van der Waals surface area contributed by atoms with Gasteiger partial charge in [-0.05, 0) is 36.2 Å². The molecule has 1 heterocycles. The first-order valence-electron chi connectivity index (χ1n) is 8.84. The predicted molar refractivity (Wildman–Crippen MR) is 112 cm³/mol. The number of nitrogens with one attached hydrogen (secondary N) is 1. The lowest BCUT2D eigenvalue weighted by Gasteiger charge is -2.08.